The molecule has 1 saturated heterocycles. The molecule has 3 heteroatoms. The predicted octanol–water partition coefficient (Wildman–Crippen LogP) is 3.26. The predicted molar refractivity (Wildman–Crippen MR) is 78.2 cm³/mol. The van der Waals surface area contributed by atoms with Crippen molar-refractivity contribution in [3.05, 3.63) is 0 Å². The van der Waals surface area contributed by atoms with E-state index in [0.717, 1.165) is 32.3 Å². The van der Waals surface area contributed by atoms with Gasteiger partial charge in [-0.15, -0.1) is 0 Å². The SMILES string of the molecule is CCC(CC)(OC)C(N)C1CCOC2(CCCC2)C1. The summed E-state index contributed by atoms with van der Waals surface area (Å²) in [5.41, 5.74) is 6.63. The fraction of sp³-hybridized carbons (Fsp3) is 1.00. The highest BCUT2D eigenvalue weighted by atomic mass is 16.5. The first-order valence-electron chi connectivity index (χ1n) is 8.06. The summed E-state index contributed by atoms with van der Waals surface area (Å²) < 4.78 is 12.0. The molecule has 2 unspecified atom stereocenters. The van der Waals surface area contributed by atoms with Gasteiger partial charge in [-0.05, 0) is 44.4 Å². The third kappa shape index (κ3) is 2.84. The van der Waals surface area contributed by atoms with Crippen molar-refractivity contribution in [3.8, 4) is 0 Å². The molecule has 2 N–H and O–H groups in total. The molecule has 1 aliphatic carbocycles. The second-order valence-electron chi connectivity index (χ2n) is 6.49. The summed E-state index contributed by atoms with van der Waals surface area (Å²) in [6.07, 6.45) is 9.31. The third-order valence-corrected chi connectivity index (χ3v) is 5.76. The van der Waals surface area contributed by atoms with E-state index >= 15 is 0 Å². The van der Waals surface area contributed by atoms with E-state index in [1.165, 1.54) is 25.7 Å². The van der Waals surface area contributed by atoms with Crippen LogP contribution in [0.4, 0.5) is 0 Å². The van der Waals surface area contributed by atoms with Crippen LogP contribution in [0.1, 0.15) is 65.2 Å². The van der Waals surface area contributed by atoms with Crippen LogP contribution in [-0.2, 0) is 9.47 Å². The first-order chi connectivity index (χ1) is 9.11. The van der Waals surface area contributed by atoms with Gasteiger partial charge >= 0.3 is 0 Å². The average Bonchev–Trinajstić information content (AvgIpc) is 2.89. The number of nitrogens with two attached hydrogens (primary N) is 1. The molecule has 0 aromatic heterocycles. The Morgan fingerprint density at radius 3 is 2.47 bits per heavy atom. The van der Waals surface area contributed by atoms with Crippen molar-refractivity contribution in [1.29, 1.82) is 0 Å². The van der Waals surface area contributed by atoms with E-state index in [4.69, 9.17) is 15.2 Å². The van der Waals surface area contributed by atoms with E-state index in [-0.39, 0.29) is 17.2 Å². The lowest BCUT2D eigenvalue weighted by Gasteiger charge is -2.46. The molecule has 2 aliphatic rings. The standard InChI is InChI=1S/C16H31NO2/c1-4-16(5-2,18-3)14(17)13-8-11-19-15(12-13)9-6-7-10-15/h13-14H,4-12,17H2,1-3H3. The van der Waals surface area contributed by atoms with Crippen molar-refractivity contribution in [2.24, 2.45) is 11.7 Å². The molecular weight excluding hydrogens is 238 g/mol. The summed E-state index contributed by atoms with van der Waals surface area (Å²) in [6, 6.07) is 0.133. The molecule has 2 rings (SSSR count). The molecule has 1 aliphatic heterocycles. The van der Waals surface area contributed by atoms with Gasteiger partial charge in [-0.25, -0.2) is 0 Å². The van der Waals surface area contributed by atoms with Crippen LogP contribution in [0.3, 0.4) is 0 Å². The fourth-order valence-corrected chi connectivity index (χ4v) is 4.32. The molecule has 0 aromatic carbocycles. The summed E-state index contributed by atoms with van der Waals surface area (Å²) >= 11 is 0. The van der Waals surface area contributed by atoms with Crippen LogP contribution in [0.5, 0.6) is 0 Å². The fourth-order valence-electron chi connectivity index (χ4n) is 4.32. The maximum Gasteiger partial charge on any atom is 0.0826 e. The van der Waals surface area contributed by atoms with Crippen LogP contribution in [-0.4, -0.2) is 31.0 Å². The van der Waals surface area contributed by atoms with Gasteiger partial charge in [0.15, 0.2) is 0 Å². The molecule has 2 atom stereocenters. The van der Waals surface area contributed by atoms with E-state index in [1.54, 1.807) is 0 Å². The summed E-state index contributed by atoms with van der Waals surface area (Å²) in [5, 5.41) is 0. The molecule has 2 fully saturated rings. The van der Waals surface area contributed by atoms with Gasteiger partial charge in [0.1, 0.15) is 0 Å². The molecule has 3 nitrogen and oxygen atoms in total. The monoisotopic (exact) mass is 269 g/mol. The van der Waals surface area contributed by atoms with Crippen LogP contribution in [0.25, 0.3) is 0 Å². The number of rotatable bonds is 5. The van der Waals surface area contributed by atoms with Gasteiger partial charge in [0.2, 0.25) is 0 Å². The zero-order valence-corrected chi connectivity index (χ0v) is 12.9. The minimum atomic E-state index is -0.151. The lowest BCUT2D eigenvalue weighted by Crippen LogP contribution is -2.56. The molecule has 1 heterocycles. The van der Waals surface area contributed by atoms with Gasteiger partial charge in [-0.1, -0.05) is 26.7 Å². The summed E-state index contributed by atoms with van der Waals surface area (Å²) in [4.78, 5) is 0. The molecule has 19 heavy (non-hydrogen) atoms. The Morgan fingerprint density at radius 1 is 1.32 bits per heavy atom. The number of hydrogen-bond donors (Lipinski definition) is 1. The van der Waals surface area contributed by atoms with Gasteiger partial charge in [0.05, 0.1) is 11.2 Å². The summed E-state index contributed by atoms with van der Waals surface area (Å²) in [7, 11) is 1.82. The second-order valence-corrected chi connectivity index (χ2v) is 6.49. The third-order valence-electron chi connectivity index (χ3n) is 5.76. The minimum absolute atomic E-state index is 0.133. The molecule has 1 spiro atoms. The van der Waals surface area contributed by atoms with Crippen molar-refractivity contribution >= 4 is 0 Å². The van der Waals surface area contributed by atoms with Crippen molar-refractivity contribution in [2.45, 2.75) is 82.5 Å². The molecular formula is C16H31NO2. The van der Waals surface area contributed by atoms with E-state index < -0.39 is 0 Å². The lowest BCUT2D eigenvalue weighted by atomic mass is 9.73. The highest BCUT2D eigenvalue weighted by molar-refractivity contribution is 4.99. The Balaban J connectivity index is 2.07. The van der Waals surface area contributed by atoms with Gasteiger partial charge in [-0.3, -0.25) is 0 Å². The van der Waals surface area contributed by atoms with Crippen molar-refractivity contribution < 1.29 is 9.47 Å². The molecule has 0 radical (unpaired) electrons. The Kier molecular flexibility index (Phi) is 4.91. The molecule has 0 amide bonds. The maximum absolute atomic E-state index is 6.63. The van der Waals surface area contributed by atoms with Crippen LogP contribution < -0.4 is 5.73 Å². The topological polar surface area (TPSA) is 44.5 Å². The highest BCUT2D eigenvalue weighted by Crippen LogP contribution is 2.44. The Labute approximate surface area is 118 Å². The normalized spacial score (nSPS) is 28.7. The van der Waals surface area contributed by atoms with E-state index in [2.05, 4.69) is 13.8 Å². The Bertz CT molecular complexity index is 274. The van der Waals surface area contributed by atoms with E-state index in [9.17, 15) is 0 Å². The van der Waals surface area contributed by atoms with Crippen LogP contribution in [0.2, 0.25) is 0 Å². The average molecular weight is 269 g/mol. The zero-order chi connectivity index (χ0) is 13.9. The first-order valence-corrected chi connectivity index (χ1v) is 8.06. The number of hydrogen-bond acceptors (Lipinski definition) is 3. The molecule has 112 valence electrons. The zero-order valence-electron chi connectivity index (χ0n) is 12.9. The smallest absolute Gasteiger partial charge is 0.0826 e. The van der Waals surface area contributed by atoms with Gasteiger partial charge < -0.3 is 15.2 Å². The maximum atomic E-state index is 6.63. The van der Waals surface area contributed by atoms with Crippen LogP contribution in [0, 0.1) is 5.92 Å². The van der Waals surface area contributed by atoms with Crippen molar-refractivity contribution in [3.63, 3.8) is 0 Å². The number of ether oxygens (including phenoxy) is 2. The van der Waals surface area contributed by atoms with Gasteiger partial charge in [0.25, 0.3) is 0 Å². The van der Waals surface area contributed by atoms with Crippen LogP contribution in [0.15, 0.2) is 0 Å². The Hall–Kier alpha value is -0.120. The Morgan fingerprint density at radius 2 is 1.95 bits per heavy atom. The highest BCUT2D eigenvalue weighted by Gasteiger charge is 2.46. The summed E-state index contributed by atoms with van der Waals surface area (Å²) in [5.74, 6) is 0.548. The van der Waals surface area contributed by atoms with E-state index in [1.807, 2.05) is 7.11 Å². The van der Waals surface area contributed by atoms with Gasteiger partial charge in [0, 0.05) is 19.8 Å². The van der Waals surface area contributed by atoms with Crippen molar-refractivity contribution in [1.82, 2.24) is 0 Å². The van der Waals surface area contributed by atoms with Crippen LogP contribution >= 0.6 is 0 Å². The second kappa shape index (κ2) is 6.11. The van der Waals surface area contributed by atoms with Crippen molar-refractivity contribution in [2.75, 3.05) is 13.7 Å². The quantitative estimate of drug-likeness (QED) is 0.833. The largest absolute Gasteiger partial charge is 0.377 e. The molecule has 0 bridgehead atoms. The van der Waals surface area contributed by atoms with E-state index in [0.29, 0.717) is 5.92 Å². The minimum Gasteiger partial charge on any atom is -0.377 e. The molecule has 0 aromatic rings. The van der Waals surface area contributed by atoms with Gasteiger partial charge in [-0.2, -0.15) is 0 Å². The molecule has 1 saturated carbocycles. The first kappa shape index (κ1) is 15.3. The summed E-state index contributed by atoms with van der Waals surface area (Å²) in [6.45, 7) is 5.26. The number of methoxy groups -OCH3 is 1. The lowest BCUT2D eigenvalue weighted by molar-refractivity contribution is -0.120.